The number of hydrogen-bond acceptors (Lipinski definition) is 2. The number of rotatable bonds is 6. The third-order valence-electron chi connectivity index (χ3n) is 4.05. The maximum Gasteiger partial charge on any atom is 0.179 e. The van der Waals surface area contributed by atoms with E-state index in [0.29, 0.717) is 0 Å². The first-order valence-corrected chi connectivity index (χ1v) is 7.65. The molecule has 0 aromatic carbocycles. The highest BCUT2D eigenvalue weighted by Crippen LogP contribution is 2.17. The molecule has 0 bridgehead atoms. The second-order valence-electron chi connectivity index (χ2n) is 5.40. The second kappa shape index (κ2) is 6.58. The average molecular weight is 283 g/mol. The van der Waals surface area contributed by atoms with Gasteiger partial charge in [-0.25, -0.2) is 0 Å². The number of hydrogen-bond donors (Lipinski definition) is 0. The number of alkyl halides is 1. The third-order valence-corrected chi connectivity index (χ3v) is 4.29. The molecule has 0 radical (unpaired) electrons. The lowest BCUT2D eigenvalue weighted by atomic mass is 10.2. The number of Topliss-reactive ketones (excluding diaryl/α,β-unsaturated/α-hetero) is 1. The summed E-state index contributed by atoms with van der Waals surface area (Å²) >= 11 is 5.65. The quantitative estimate of drug-likeness (QED) is 0.592. The van der Waals surface area contributed by atoms with E-state index in [1.807, 2.05) is 13.0 Å². The number of carbonyl (C=O) groups excluding carboxylic acids is 1. The molecule has 1 aromatic rings. The van der Waals surface area contributed by atoms with E-state index in [9.17, 15) is 4.79 Å². The molecule has 1 saturated heterocycles. The molecule has 1 aliphatic heterocycles. The first-order valence-electron chi connectivity index (χ1n) is 7.11. The highest BCUT2D eigenvalue weighted by Gasteiger charge is 2.15. The summed E-state index contributed by atoms with van der Waals surface area (Å²) in [6.45, 7) is 8.73. The van der Waals surface area contributed by atoms with Crippen LogP contribution in [0.15, 0.2) is 6.07 Å². The minimum atomic E-state index is 0.0283. The van der Waals surface area contributed by atoms with Crippen LogP contribution in [-0.2, 0) is 6.54 Å². The van der Waals surface area contributed by atoms with Crippen molar-refractivity contribution in [2.75, 3.05) is 25.5 Å². The lowest BCUT2D eigenvalue weighted by Gasteiger charge is -2.16. The first kappa shape index (κ1) is 14.6. The molecular formula is C15H23ClN2O. The van der Waals surface area contributed by atoms with Crippen LogP contribution in [0.25, 0.3) is 0 Å². The molecule has 1 fully saturated rings. The van der Waals surface area contributed by atoms with Crippen LogP contribution in [-0.4, -0.2) is 40.8 Å². The van der Waals surface area contributed by atoms with Gasteiger partial charge in [0.1, 0.15) is 0 Å². The standard InChI is InChI=1S/C15H23ClN2O/c1-12-10-14(15(19)11-16)13(2)18(12)9-5-8-17-6-3-4-7-17/h10H,3-9,11H2,1-2H3. The van der Waals surface area contributed by atoms with E-state index >= 15 is 0 Å². The van der Waals surface area contributed by atoms with Crippen molar-refractivity contribution in [2.45, 2.75) is 39.7 Å². The van der Waals surface area contributed by atoms with Gasteiger partial charge in [0, 0.05) is 23.5 Å². The van der Waals surface area contributed by atoms with Crippen LogP contribution in [0, 0.1) is 13.8 Å². The zero-order valence-electron chi connectivity index (χ0n) is 11.9. The fourth-order valence-corrected chi connectivity index (χ4v) is 3.10. The van der Waals surface area contributed by atoms with Crippen molar-refractivity contribution in [3.8, 4) is 0 Å². The average Bonchev–Trinajstić information content (AvgIpc) is 3.00. The van der Waals surface area contributed by atoms with Crippen molar-refractivity contribution in [1.82, 2.24) is 9.47 Å². The number of nitrogens with zero attached hydrogens (tertiary/aromatic N) is 2. The van der Waals surface area contributed by atoms with Gasteiger partial charge in [-0.15, -0.1) is 11.6 Å². The maximum atomic E-state index is 11.7. The Kier molecular flexibility index (Phi) is 5.06. The summed E-state index contributed by atoms with van der Waals surface area (Å²) in [7, 11) is 0. The molecule has 2 heterocycles. The number of carbonyl (C=O) groups is 1. The van der Waals surface area contributed by atoms with Gasteiger partial charge in [0.15, 0.2) is 5.78 Å². The lowest BCUT2D eigenvalue weighted by molar-refractivity contribution is 0.102. The number of likely N-dealkylation sites (tertiary alicyclic amines) is 1. The van der Waals surface area contributed by atoms with Gasteiger partial charge in [-0.3, -0.25) is 4.79 Å². The fourth-order valence-electron chi connectivity index (χ4n) is 2.96. The van der Waals surface area contributed by atoms with Gasteiger partial charge < -0.3 is 9.47 Å². The molecule has 0 atom stereocenters. The number of aromatic nitrogens is 1. The zero-order valence-corrected chi connectivity index (χ0v) is 12.7. The molecule has 3 nitrogen and oxygen atoms in total. The normalized spacial score (nSPS) is 16.2. The number of halogens is 1. The first-order chi connectivity index (χ1) is 9.13. The molecule has 0 N–H and O–H groups in total. The Labute approximate surface area is 120 Å². The predicted molar refractivity (Wildman–Crippen MR) is 79.2 cm³/mol. The van der Waals surface area contributed by atoms with Crippen molar-refractivity contribution in [3.63, 3.8) is 0 Å². The van der Waals surface area contributed by atoms with Crippen LogP contribution in [0.4, 0.5) is 0 Å². The fraction of sp³-hybridized carbons (Fsp3) is 0.667. The van der Waals surface area contributed by atoms with Crippen molar-refractivity contribution in [2.24, 2.45) is 0 Å². The molecule has 1 aliphatic rings. The maximum absolute atomic E-state index is 11.7. The summed E-state index contributed by atoms with van der Waals surface area (Å²) < 4.78 is 2.25. The van der Waals surface area contributed by atoms with Crippen LogP contribution in [0.3, 0.4) is 0 Å². The Morgan fingerprint density at radius 1 is 1.26 bits per heavy atom. The molecule has 19 heavy (non-hydrogen) atoms. The van der Waals surface area contributed by atoms with Crippen LogP contribution < -0.4 is 0 Å². The van der Waals surface area contributed by atoms with Crippen LogP contribution in [0.1, 0.15) is 41.0 Å². The van der Waals surface area contributed by atoms with E-state index in [1.54, 1.807) is 0 Å². The molecule has 106 valence electrons. The second-order valence-corrected chi connectivity index (χ2v) is 5.66. The largest absolute Gasteiger partial charge is 0.348 e. The summed E-state index contributed by atoms with van der Waals surface area (Å²) in [6.07, 6.45) is 3.83. The van der Waals surface area contributed by atoms with Crippen LogP contribution in [0.2, 0.25) is 0 Å². The van der Waals surface area contributed by atoms with Gasteiger partial charge in [-0.1, -0.05) is 0 Å². The van der Waals surface area contributed by atoms with Crippen molar-refractivity contribution >= 4 is 17.4 Å². The highest BCUT2D eigenvalue weighted by atomic mass is 35.5. The molecule has 0 aliphatic carbocycles. The summed E-state index contributed by atoms with van der Waals surface area (Å²) in [5, 5.41) is 0. The highest BCUT2D eigenvalue weighted by molar-refractivity contribution is 6.30. The molecule has 0 spiro atoms. The predicted octanol–water partition coefficient (Wildman–Crippen LogP) is 3.01. The number of ketones is 1. The Bertz CT molecular complexity index is 447. The smallest absolute Gasteiger partial charge is 0.179 e. The summed E-state index contributed by atoms with van der Waals surface area (Å²) in [4.78, 5) is 14.3. The molecule has 0 unspecified atom stereocenters. The molecule has 1 aromatic heterocycles. The Balaban J connectivity index is 1.95. The monoisotopic (exact) mass is 282 g/mol. The van der Waals surface area contributed by atoms with Crippen molar-refractivity contribution < 1.29 is 4.79 Å². The molecule has 4 heteroatoms. The summed E-state index contributed by atoms with van der Waals surface area (Å²) in [5.74, 6) is 0.0958. The van der Waals surface area contributed by atoms with Gasteiger partial charge in [0.25, 0.3) is 0 Å². The summed E-state index contributed by atoms with van der Waals surface area (Å²) in [6, 6.07) is 1.97. The third kappa shape index (κ3) is 3.40. The van der Waals surface area contributed by atoms with E-state index < -0.39 is 0 Å². The van der Waals surface area contributed by atoms with Gasteiger partial charge in [-0.2, -0.15) is 0 Å². The van der Waals surface area contributed by atoms with E-state index in [1.165, 1.54) is 25.9 Å². The van der Waals surface area contributed by atoms with E-state index in [4.69, 9.17) is 11.6 Å². The van der Waals surface area contributed by atoms with Gasteiger partial charge in [0.05, 0.1) is 5.88 Å². The minimum absolute atomic E-state index is 0.0283. The van der Waals surface area contributed by atoms with E-state index in [0.717, 1.165) is 36.5 Å². The Morgan fingerprint density at radius 3 is 2.58 bits per heavy atom. The Hall–Kier alpha value is -0.800. The molecule has 2 rings (SSSR count). The minimum Gasteiger partial charge on any atom is -0.348 e. The lowest BCUT2D eigenvalue weighted by Crippen LogP contribution is -2.21. The van der Waals surface area contributed by atoms with Crippen molar-refractivity contribution in [1.29, 1.82) is 0 Å². The van der Waals surface area contributed by atoms with Gasteiger partial charge in [-0.05, 0) is 58.8 Å². The van der Waals surface area contributed by atoms with Crippen LogP contribution >= 0.6 is 11.6 Å². The van der Waals surface area contributed by atoms with E-state index in [-0.39, 0.29) is 11.7 Å². The molecule has 0 amide bonds. The zero-order chi connectivity index (χ0) is 13.8. The SMILES string of the molecule is Cc1cc(C(=O)CCl)c(C)n1CCCN1CCCC1. The van der Waals surface area contributed by atoms with Crippen LogP contribution in [0.5, 0.6) is 0 Å². The number of aryl methyl sites for hydroxylation is 1. The van der Waals surface area contributed by atoms with Crippen molar-refractivity contribution in [3.05, 3.63) is 23.0 Å². The topological polar surface area (TPSA) is 25.2 Å². The van der Waals surface area contributed by atoms with Gasteiger partial charge >= 0.3 is 0 Å². The molecular weight excluding hydrogens is 260 g/mol. The van der Waals surface area contributed by atoms with E-state index in [2.05, 4.69) is 16.4 Å². The Morgan fingerprint density at radius 2 is 1.95 bits per heavy atom. The molecule has 0 saturated carbocycles. The summed E-state index contributed by atoms with van der Waals surface area (Å²) in [5.41, 5.74) is 3.01. The van der Waals surface area contributed by atoms with Gasteiger partial charge in [0.2, 0.25) is 0 Å².